The van der Waals surface area contributed by atoms with E-state index in [1.54, 1.807) is 49.6 Å². The summed E-state index contributed by atoms with van der Waals surface area (Å²) < 4.78 is 22.1. The van der Waals surface area contributed by atoms with Gasteiger partial charge in [-0.2, -0.15) is 5.01 Å². The van der Waals surface area contributed by atoms with E-state index in [0.29, 0.717) is 27.8 Å². The van der Waals surface area contributed by atoms with Crippen molar-refractivity contribution < 1.29 is 23.7 Å². The predicted molar refractivity (Wildman–Crippen MR) is 100 cm³/mol. The standard InChI is InChI=1S/C19H19ClN2O5/c1-12(23)22-19(16-9-8-15(24-2)10-17(16)25-3)27-18(21-22)11-26-14-6-4-13(20)5-7-14/h4-10,19H,11H2,1-3H3/t19-/m0/s1. The molecular weight excluding hydrogens is 372 g/mol. The van der Waals surface area contributed by atoms with Crippen LogP contribution in [0.4, 0.5) is 0 Å². The molecule has 0 unspecified atom stereocenters. The lowest BCUT2D eigenvalue weighted by Crippen LogP contribution is -2.25. The number of nitrogens with zero attached hydrogens (tertiary/aromatic N) is 2. The third-order valence-corrected chi connectivity index (χ3v) is 4.15. The second-order valence-corrected chi connectivity index (χ2v) is 6.11. The van der Waals surface area contributed by atoms with Crippen LogP contribution in [0.15, 0.2) is 47.6 Å². The molecule has 0 fully saturated rings. The zero-order valence-electron chi connectivity index (χ0n) is 15.1. The molecule has 0 spiro atoms. The van der Waals surface area contributed by atoms with Gasteiger partial charge in [0.2, 0.25) is 18.0 Å². The average Bonchev–Trinajstić information content (AvgIpc) is 3.11. The highest BCUT2D eigenvalue weighted by molar-refractivity contribution is 6.30. The number of hydrazone groups is 1. The molecule has 1 amide bonds. The number of carbonyl (C=O) groups is 1. The summed E-state index contributed by atoms with van der Waals surface area (Å²) in [6, 6.07) is 12.2. The lowest BCUT2D eigenvalue weighted by atomic mass is 10.1. The maximum absolute atomic E-state index is 12.0. The highest BCUT2D eigenvalue weighted by Crippen LogP contribution is 2.36. The second kappa shape index (κ2) is 8.18. The Morgan fingerprint density at radius 3 is 2.48 bits per heavy atom. The van der Waals surface area contributed by atoms with Gasteiger partial charge >= 0.3 is 0 Å². The van der Waals surface area contributed by atoms with E-state index < -0.39 is 6.23 Å². The van der Waals surface area contributed by atoms with E-state index in [0.717, 1.165) is 0 Å². The van der Waals surface area contributed by atoms with E-state index in [9.17, 15) is 4.79 Å². The van der Waals surface area contributed by atoms with Crippen molar-refractivity contribution in [2.75, 3.05) is 20.8 Å². The fourth-order valence-electron chi connectivity index (χ4n) is 2.57. The van der Waals surface area contributed by atoms with E-state index in [-0.39, 0.29) is 18.4 Å². The molecule has 0 saturated heterocycles. The summed E-state index contributed by atoms with van der Waals surface area (Å²) in [4.78, 5) is 12.0. The van der Waals surface area contributed by atoms with E-state index in [2.05, 4.69) is 5.10 Å². The number of rotatable bonds is 6. The van der Waals surface area contributed by atoms with Gasteiger partial charge in [-0.15, -0.1) is 5.10 Å². The highest BCUT2D eigenvalue weighted by Gasteiger charge is 2.34. The van der Waals surface area contributed by atoms with Crippen molar-refractivity contribution >= 4 is 23.4 Å². The molecule has 3 rings (SSSR count). The number of methoxy groups -OCH3 is 2. The normalized spacial score (nSPS) is 15.8. The summed E-state index contributed by atoms with van der Waals surface area (Å²) in [6.07, 6.45) is -0.743. The number of halogens is 1. The van der Waals surface area contributed by atoms with E-state index >= 15 is 0 Å². The molecule has 1 aliphatic heterocycles. The highest BCUT2D eigenvalue weighted by atomic mass is 35.5. The maximum Gasteiger partial charge on any atom is 0.247 e. The molecule has 2 aromatic carbocycles. The Kier molecular flexibility index (Phi) is 5.71. The quantitative estimate of drug-likeness (QED) is 0.753. The fraction of sp³-hybridized carbons (Fsp3) is 0.263. The summed E-state index contributed by atoms with van der Waals surface area (Å²) in [5.74, 6) is 1.80. The van der Waals surface area contributed by atoms with Gasteiger partial charge in [-0.05, 0) is 36.4 Å². The minimum absolute atomic E-state index is 0.0698. The molecule has 1 atom stereocenters. The van der Waals surface area contributed by atoms with Crippen molar-refractivity contribution in [2.24, 2.45) is 5.10 Å². The molecule has 0 aliphatic carbocycles. The van der Waals surface area contributed by atoms with Crippen molar-refractivity contribution in [1.82, 2.24) is 5.01 Å². The number of ether oxygens (including phenoxy) is 4. The van der Waals surface area contributed by atoms with Crippen LogP contribution in [0, 0.1) is 0 Å². The van der Waals surface area contributed by atoms with Crippen LogP contribution in [0.1, 0.15) is 18.7 Å². The van der Waals surface area contributed by atoms with Crippen LogP contribution in [0.3, 0.4) is 0 Å². The second-order valence-electron chi connectivity index (χ2n) is 5.68. The Labute approximate surface area is 162 Å². The average molecular weight is 391 g/mol. The van der Waals surface area contributed by atoms with E-state index in [1.807, 2.05) is 0 Å². The number of amides is 1. The van der Waals surface area contributed by atoms with Crippen LogP contribution >= 0.6 is 11.6 Å². The van der Waals surface area contributed by atoms with Crippen molar-refractivity contribution in [2.45, 2.75) is 13.2 Å². The largest absolute Gasteiger partial charge is 0.497 e. The number of carbonyl (C=O) groups excluding carboxylic acids is 1. The third kappa shape index (κ3) is 4.25. The Bertz CT molecular complexity index is 854. The molecule has 8 heteroatoms. The molecule has 0 N–H and O–H groups in total. The topological polar surface area (TPSA) is 69.6 Å². The molecule has 0 bridgehead atoms. The maximum atomic E-state index is 12.0. The van der Waals surface area contributed by atoms with Crippen molar-refractivity contribution in [3.05, 3.63) is 53.1 Å². The van der Waals surface area contributed by atoms with Crippen molar-refractivity contribution in [1.29, 1.82) is 0 Å². The Hall–Kier alpha value is -2.93. The SMILES string of the molecule is COc1ccc([C@@H]2OC(COc3ccc(Cl)cc3)=NN2C(C)=O)c(OC)c1. The van der Waals surface area contributed by atoms with Crippen LogP contribution in [0.5, 0.6) is 17.2 Å². The molecule has 0 saturated carbocycles. The molecule has 2 aromatic rings. The number of hydrogen-bond acceptors (Lipinski definition) is 6. The number of hydrogen-bond donors (Lipinski definition) is 0. The molecule has 1 heterocycles. The van der Waals surface area contributed by atoms with Gasteiger partial charge in [-0.3, -0.25) is 4.79 Å². The molecule has 27 heavy (non-hydrogen) atoms. The summed E-state index contributed by atoms with van der Waals surface area (Å²) in [7, 11) is 3.11. The smallest absolute Gasteiger partial charge is 0.247 e. The first-order valence-electron chi connectivity index (χ1n) is 8.16. The minimum atomic E-state index is -0.743. The molecular formula is C19H19ClN2O5. The lowest BCUT2D eigenvalue weighted by molar-refractivity contribution is -0.135. The fourth-order valence-corrected chi connectivity index (χ4v) is 2.69. The van der Waals surface area contributed by atoms with Crippen LogP contribution in [0.25, 0.3) is 0 Å². The van der Waals surface area contributed by atoms with Gasteiger partial charge < -0.3 is 18.9 Å². The number of benzene rings is 2. The summed E-state index contributed by atoms with van der Waals surface area (Å²) in [5, 5.41) is 6.11. The monoisotopic (exact) mass is 390 g/mol. The summed E-state index contributed by atoms with van der Waals surface area (Å²) in [6.45, 7) is 1.49. The molecule has 7 nitrogen and oxygen atoms in total. The van der Waals surface area contributed by atoms with Crippen molar-refractivity contribution in [3.63, 3.8) is 0 Å². The molecule has 0 aromatic heterocycles. The lowest BCUT2D eigenvalue weighted by Gasteiger charge is -2.21. The van der Waals surface area contributed by atoms with Crippen LogP contribution in [0.2, 0.25) is 5.02 Å². The zero-order valence-corrected chi connectivity index (χ0v) is 15.9. The summed E-state index contributed by atoms with van der Waals surface area (Å²) >= 11 is 5.86. The first kappa shape index (κ1) is 18.8. The van der Waals surface area contributed by atoms with Crippen molar-refractivity contribution in [3.8, 4) is 17.2 Å². The first-order valence-corrected chi connectivity index (χ1v) is 8.54. The van der Waals surface area contributed by atoms with E-state index in [1.165, 1.54) is 19.0 Å². The van der Waals surface area contributed by atoms with Gasteiger partial charge in [0.1, 0.15) is 17.2 Å². The van der Waals surface area contributed by atoms with Gasteiger partial charge in [-0.1, -0.05) is 11.6 Å². The van der Waals surface area contributed by atoms with Gasteiger partial charge in [0.25, 0.3) is 0 Å². The van der Waals surface area contributed by atoms with Gasteiger partial charge in [0.15, 0.2) is 6.61 Å². The molecule has 142 valence electrons. The Morgan fingerprint density at radius 1 is 1.15 bits per heavy atom. The van der Waals surface area contributed by atoms with Gasteiger partial charge in [0.05, 0.1) is 19.8 Å². The Morgan fingerprint density at radius 2 is 1.85 bits per heavy atom. The van der Waals surface area contributed by atoms with Crippen LogP contribution < -0.4 is 14.2 Å². The molecule has 1 aliphatic rings. The first-order chi connectivity index (χ1) is 13.0. The molecule has 0 radical (unpaired) electrons. The van der Waals surface area contributed by atoms with E-state index in [4.69, 9.17) is 30.5 Å². The van der Waals surface area contributed by atoms with Gasteiger partial charge in [0, 0.05) is 18.0 Å². The van der Waals surface area contributed by atoms with Crippen LogP contribution in [-0.2, 0) is 9.53 Å². The predicted octanol–water partition coefficient (Wildman–Crippen LogP) is 3.63. The summed E-state index contributed by atoms with van der Waals surface area (Å²) in [5.41, 5.74) is 0.652. The minimum Gasteiger partial charge on any atom is -0.497 e. The van der Waals surface area contributed by atoms with Gasteiger partial charge in [-0.25, -0.2) is 0 Å². The third-order valence-electron chi connectivity index (χ3n) is 3.89. The van der Waals surface area contributed by atoms with Crippen LogP contribution in [-0.4, -0.2) is 37.6 Å². The Balaban J connectivity index is 1.78. The zero-order chi connectivity index (χ0) is 19.4.